The molecule has 0 radical (unpaired) electrons. The van der Waals surface area contributed by atoms with Gasteiger partial charge in [-0.2, -0.15) is 5.10 Å². The Morgan fingerprint density at radius 2 is 1.64 bits per heavy atom. The van der Waals surface area contributed by atoms with Gasteiger partial charge in [0.1, 0.15) is 5.82 Å². The average molecular weight is 591 g/mol. The fourth-order valence-corrected chi connectivity index (χ4v) is 5.90. The molecule has 0 aliphatic heterocycles. The van der Waals surface area contributed by atoms with E-state index in [4.69, 9.17) is 10.2 Å². The first-order valence-electron chi connectivity index (χ1n) is 13.4. The molecule has 0 aliphatic rings. The Morgan fingerprint density at radius 3 is 2.28 bits per heavy atom. The summed E-state index contributed by atoms with van der Waals surface area (Å²) in [6.45, 7) is 9.57. The fourth-order valence-electron chi connectivity index (χ4n) is 4.88. The minimum absolute atomic E-state index is 0.0194. The van der Waals surface area contributed by atoms with Crippen molar-refractivity contribution in [2.45, 2.75) is 71.9 Å². The Balaban J connectivity index is 1.40. The summed E-state index contributed by atoms with van der Waals surface area (Å²) in [4.78, 5) is 24.1. The molecule has 0 fully saturated rings. The van der Waals surface area contributed by atoms with Crippen LogP contribution in [0.4, 0.5) is 0 Å². The van der Waals surface area contributed by atoms with Crippen LogP contribution < -0.4 is 5.69 Å². The highest BCUT2D eigenvalue weighted by molar-refractivity contribution is 9.10. The second-order valence-corrected chi connectivity index (χ2v) is 11.8. The topological polar surface area (TPSA) is 77.1 Å². The minimum Gasteiger partial charge on any atom is -0.481 e. The van der Waals surface area contributed by atoms with Crippen LogP contribution in [-0.4, -0.2) is 25.4 Å². The Morgan fingerprint density at radius 1 is 0.923 bits per heavy atom. The molecule has 6 nitrogen and oxygen atoms in total. The number of carboxylic acids is 1. The van der Waals surface area contributed by atoms with E-state index in [2.05, 4.69) is 79.2 Å². The van der Waals surface area contributed by atoms with Crippen LogP contribution >= 0.6 is 15.9 Å². The van der Waals surface area contributed by atoms with Crippen LogP contribution in [0.15, 0.2) is 76.0 Å². The predicted octanol–water partition coefficient (Wildman–Crippen LogP) is 6.64. The molecule has 3 aromatic carbocycles. The molecule has 1 aromatic heterocycles. The van der Waals surface area contributed by atoms with Crippen LogP contribution in [0.5, 0.6) is 0 Å². The standard InChI is InChI=1S/C32H36BrN3O3/c1-5-35-29(34-36(31(35)39)21-24-14-17-27(28(33)19-24)32(2,3)4)11-7-8-22-12-15-25(16-13-22)26-10-6-9-23(18-26)20-30(37)38/h6,9-10,12-19H,5,7-8,11,20-21H2,1-4H3,(H,37,38). The smallest absolute Gasteiger partial charge is 0.346 e. The minimum atomic E-state index is -0.830. The molecule has 4 rings (SSSR count). The lowest BCUT2D eigenvalue weighted by Gasteiger charge is -2.21. The third kappa shape index (κ3) is 7.15. The Bertz CT molecular complexity index is 1510. The Hall–Kier alpha value is -3.45. The number of hydrogen-bond acceptors (Lipinski definition) is 3. The first-order chi connectivity index (χ1) is 18.5. The molecular weight excluding hydrogens is 554 g/mol. The van der Waals surface area contributed by atoms with Gasteiger partial charge in [-0.05, 0) is 64.6 Å². The molecule has 1 heterocycles. The largest absolute Gasteiger partial charge is 0.481 e. The van der Waals surface area contributed by atoms with E-state index < -0.39 is 5.97 Å². The normalized spacial score (nSPS) is 11.6. The third-order valence-electron chi connectivity index (χ3n) is 6.92. The number of benzene rings is 3. The zero-order valence-electron chi connectivity index (χ0n) is 23.1. The van der Waals surface area contributed by atoms with Gasteiger partial charge >= 0.3 is 11.7 Å². The maximum Gasteiger partial charge on any atom is 0.346 e. The van der Waals surface area contributed by atoms with E-state index in [1.54, 1.807) is 9.25 Å². The lowest BCUT2D eigenvalue weighted by Crippen LogP contribution is -2.25. The Kier molecular flexibility index (Phi) is 8.90. The summed E-state index contributed by atoms with van der Waals surface area (Å²) in [5, 5.41) is 13.8. The zero-order chi connectivity index (χ0) is 28.2. The molecule has 0 saturated heterocycles. The first kappa shape index (κ1) is 28.6. The van der Waals surface area contributed by atoms with Crippen molar-refractivity contribution in [1.82, 2.24) is 14.3 Å². The van der Waals surface area contributed by atoms with Gasteiger partial charge in [-0.25, -0.2) is 9.48 Å². The van der Waals surface area contributed by atoms with Crippen LogP contribution in [0.3, 0.4) is 0 Å². The van der Waals surface area contributed by atoms with Crippen molar-refractivity contribution >= 4 is 21.9 Å². The third-order valence-corrected chi connectivity index (χ3v) is 7.58. The van der Waals surface area contributed by atoms with Crippen LogP contribution in [0, 0.1) is 0 Å². The van der Waals surface area contributed by atoms with E-state index in [1.165, 1.54) is 11.1 Å². The molecule has 39 heavy (non-hydrogen) atoms. The molecule has 7 heteroatoms. The quantitative estimate of drug-likeness (QED) is 0.225. The van der Waals surface area contributed by atoms with Gasteiger partial charge in [0.2, 0.25) is 0 Å². The van der Waals surface area contributed by atoms with Gasteiger partial charge in [0.25, 0.3) is 0 Å². The van der Waals surface area contributed by atoms with Gasteiger partial charge in [-0.3, -0.25) is 9.36 Å². The monoisotopic (exact) mass is 589 g/mol. The maximum absolute atomic E-state index is 13.0. The van der Waals surface area contributed by atoms with E-state index in [-0.39, 0.29) is 17.5 Å². The second kappa shape index (κ2) is 12.2. The number of carboxylic acid groups (broad SMARTS) is 1. The van der Waals surface area contributed by atoms with E-state index >= 15 is 0 Å². The molecular formula is C32H36BrN3O3. The van der Waals surface area contributed by atoms with Crippen molar-refractivity contribution in [3.63, 3.8) is 0 Å². The van der Waals surface area contributed by atoms with Crippen LogP contribution in [0.2, 0.25) is 0 Å². The summed E-state index contributed by atoms with van der Waals surface area (Å²) in [5.74, 6) is -0.0107. The summed E-state index contributed by atoms with van der Waals surface area (Å²) < 4.78 is 4.39. The highest BCUT2D eigenvalue weighted by Crippen LogP contribution is 2.30. The Labute approximate surface area is 238 Å². The molecule has 0 bridgehead atoms. The molecule has 0 unspecified atom stereocenters. The highest BCUT2D eigenvalue weighted by Gasteiger charge is 2.18. The van der Waals surface area contributed by atoms with Gasteiger partial charge in [0, 0.05) is 17.4 Å². The summed E-state index contributed by atoms with van der Waals surface area (Å²) in [6.07, 6.45) is 2.51. The van der Waals surface area contributed by atoms with Crippen LogP contribution in [0.1, 0.15) is 62.2 Å². The number of halogens is 1. The summed E-state index contributed by atoms with van der Waals surface area (Å²) in [6, 6.07) is 22.3. The number of rotatable bonds is 10. The summed E-state index contributed by atoms with van der Waals surface area (Å²) >= 11 is 3.70. The van der Waals surface area contributed by atoms with Crippen molar-refractivity contribution in [2.75, 3.05) is 0 Å². The first-order valence-corrected chi connectivity index (χ1v) is 14.2. The van der Waals surface area contributed by atoms with Crippen LogP contribution in [-0.2, 0) is 42.6 Å². The number of aryl methyl sites for hydroxylation is 2. The van der Waals surface area contributed by atoms with Gasteiger partial charge < -0.3 is 5.11 Å². The second-order valence-electron chi connectivity index (χ2n) is 11.0. The number of aliphatic carboxylic acids is 1. The molecule has 204 valence electrons. The maximum atomic E-state index is 13.0. The number of aromatic nitrogens is 3. The number of hydrogen-bond donors (Lipinski definition) is 1. The van der Waals surface area contributed by atoms with E-state index in [0.29, 0.717) is 13.1 Å². The van der Waals surface area contributed by atoms with Crippen molar-refractivity contribution in [3.8, 4) is 11.1 Å². The van der Waals surface area contributed by atoms with Gasteiger partial charge in [-0.15, -0.1) is 0 Å². The molecule has 0 atom stereocenters. The van der Waals surface area contributed by atoms with Crippen molar-refractivity contribution in [3.05, 3.63) is 110 Å². The number of carbonyl (C=O) groups is 1. The van der Waals surface area contributed by atoms with E-state index in [0.717, 1.165) is 51.8 Å². The van der Waals surface area contributed by atoms with E-state index in [9.17, 15) is 9.59 Å². The van der Waals surface area contributed by atoms with Crippen molar-refractivity contribution in [1.29, 1.82) is 0 Å². The number of nitrogens with zero attached hydrogens (tertiary/aromatic N) is 3. The van der Waals surface area contributed by atoms with Gasteiger partial charge in [-0.1, -0.05) is 97.4 Å². The summed E-state index contributed by atoms with van der Waals surface area (Å²) in [5.41, 5.74) is 6.33. The van der Waals surface area contributed by atoms with Crippen molar-refractivity contribution in [2.24, 2.45) is 0 Å². The zero-order valence-corrected chi connectivity index (χ0v) is 24.7. The lowest BCUT2D eigenvalue weighted by molar-refractivity contribution is -0.136. The molecule has 4 aromatic rings. The molecule has 0 spiro atoms. The molecule has 0 saturated carbocycles. The van der Waals surface area contributed by atoms with Gasteiger partial charge in [0.05, 0.1) is 13.0 Å². The predicted molar refractivity (Wildman–Crippen MR) is 159 cm³/mol. The van der Waals surface area contributed by atoms with Crippen molar-refractivity contribution < 1.29 is 9.90 Å². The molecule has 0 amide bonds. The van der Waals surface area contributed by atoms with E-state index in [1.807, 2.05) is 31.2 Å². The average Bonchev–Trinajstić information content (AvgIpc) is 3.17. The lowest BCUT2D eigenvalue weighted by atomic mass is 9.86. The van der Waals surface area contributed by atoms with Crippen LogP contribution in [0.25, 0.3) is 11.1 Å². The SMILES string of the molecule is CCn1c(CCCc2ccc(-c3cccc(CC(=O)O)c3)cc2)nn(Cc2ccc(C(C)(C)C)c(Br)c2)c1=O. The summed E-state index contributed by atoms with van der Waals surface area (Å²) in [7, 11) is 0. The molecule has 0 aliphatic carbocycles. The highest BCUT2D eigenvalue weighted by atomic mass is 79.9. The molecule has 1 N–H and O–H groups in total. The van der Waals surface area contributed by atoms with Gasteiger partial charge in [0.15, 0.2) is 0 Å². The fraction of sp³-hybridized carbons (Fsp3) is 0.344.